The summed E-state index contributed by atoms with van der Waals surface area (Å²) < 4.78 is 0. The Kier molecular flexibility index (Phi) is 5.65. The van der Waals surface area contributed by atoms with Crippen LogP contribution in [0.25, 0.3) is 0 Å². The van der Waals surface area contributed by atoms with Crippen molar-refractivity contribution in [2.24, 2.45) is 11.7 Å². The lowest BCUT2D eigenvalue weighted by atomic mass is 10.0. The monoisotopic (exact) mass is 254 g/mol. The summed E-state index contributed by atoms with van der Waals surface area (Å²) in [5, 5.41) is 5.05. The van der Waals surface area contributed by atoms with E-state index < -0.39 is 0 Å². The number of carbonyl (C=O) groups is 1. The van der Waals surface area contributed by atoms with Crippen molar-refractivity contribution in [1.29, 1.82) is 0 Å². The zero-order chi connectivity index (χ0) is 12.8. The van der Waals surface area contributed by atoms with Crippen molar-refractivity contribution in [1.82, 2.24) is 5.32 Å². The third-order valence-electron chi connectivity index (χ3n) is 2.77. The van der Waals surface area contributed by atoms with Crippen LogP contribution in [0.2, 0.25) is 0 Å². The molecule has 1 heterocycles. The highest BCUT2D eigenvalue weighted by Gasteiger charge is 2.14. The molecule has 0 bridgehead atoms. The molecule has 1 rings (SSSR count). The molecule has 2 atom stereocenters. The van der Waals surface area contributed by atoms with Crippen LogP contribution in [0.4, 0.5) is 0 Å². The quantitative estimate of drug-likeness (QED) is 0.817. The van der Waals surface area contributed by atoms with Crippen LogP contribution in [0, 0.1) is 5.92 Å². The van der Waals surface area contributed by atoms with Gasteiger partial charge in [0.1, 0.15) is 0 Å². The molecule has 17 heavy (non-hydrogen) atoms. The SMILES string of the molecule is CC(Cc1cccs1)NC(=O)CC(N)C(C)C. The van der Waals surface area contributed by atoms with Crippen LogP contribution < -0.4 is 11.1 Å². The topological polar surface area (TPSA) is 55.1 Å². The minimum Gasteiger partial charge on any atom is -0.353 e. The maximum Gasteiger partial charge on any atom is 0.221 e. The van der Waals surface area contributed by atoms with Gasteiger partial charge in [0.25, 0.3) is 0 Å². The van der Waals surface area contributed by atoms with Crippen molar-refractivity contribution < 1.29 is 4.79 Å². The predicted molar refractivity (Wildman–Crippen MR) is 73.1 cm³/mol. The van der Waals surface area contributed by atoms with Crippen LogP contribution in [-0.2, 0) is 11.2 Å². The predicted octanol–water partition coefficient (Wildman–Crippen LogP) is 2.17. The van der Waals surface area contributed by atoms with Gasteiger partial charge in [0.2, 0.25) is 5.91 Å². The maximum absolute atomic E-state index is 11.7. The van der Waals surface area contributed by atoms with Crippen molar-refractivity contribution in [2.45, 2.75) is 45.7 Å². The molecule has 0 aliphatic carbocycles. The van der Waals surface area contributed by atoms with E-state index in [2.05, 4.69) is 16.8 Å². The third-order valence-corrected chi connectivity index (χ3v) is 3.67. The molecule has 0 aromatic carbocycles. The van der Waals surface area contributed by atoms with E-state index in [1.165, 1.54) is 4.88 Å². The summed E-state index contributed by atoms with van der Waals surface area (Å²) in [6.07, 6.45) is 1.30. The highest BCUT2D eigenvalue weighted by atomic mass is 32.1. The average Bonchev–Trinajstić information content (AvgIpc) is 2.69. The Bertz CT molecular complexity index is 335. The van der Waals surface area contributed by atoms with E-state index in [-0.39, 0.29) is 18.0 Å². The molecule has 3 nitrogen and oxygen atoms in total. The molecule has 0 fully saturated rings. The van der Waals surface area contributed by atoms with Gasteiger partial charge < -0.3 is 11.1 Å². The van der Waals surface area contributed by atoms with Crippen LogP contribution >= 0.6 is 11.3 Å². The highest BCUT2D eigenvalue weighted by Crippen LogP contribution is 2.11. The van der Waals surface area contributed by atoms with Gasteiger partial charge in [-0.1, -0.05) is 19.9 Å². The first-order chi connectivity index (χ1) is 7.99. The van der Waals surface area contributed by atoms with E-state index in [9.17, 15) is 4.79 Å². The number of amides is 1. The van der Waals surface area contributed by atoms with Crippen molar-refractivity contribution in [3.63, 3.8) is 0 Å². The molecule has 4 heteroatoms. The Labute approximate surface area is 107 Å². The van der Waals surface area contributed by atoms with E-state index in [4.69, 9.17) is 5.73 Å². The van der Waals surface area contributed by atoms with Crippen LogP contribution in [-0.4, -0.2) is 18.0 Å². The molecule has 0 radical (unpaired) electrons. The Morgan fingerprint density at radius 1 is 1.47 bits per heavy atom. The van der Waals surface area contributed by atoms with Gasteiger partial charge in [0, 0.05) is 29.8 Å². The summed E-state index contributed by atoms with van der Waals surface area (Å²) in [4.78, 5) is 13.0. The fourth-order valence-electron chi connectivity index (χ4n) is 1.57. The van der Waals surface area contributed by atoms with E-state index in [0.29, 0.717) is 12.3 Å². The Morgan fingerprint density at radius 3 is 2.71 bits per heavy atom. The van der Waals surface area contributed by atoms with Crippen LogP contribution in [0.15, 0.2) is 17.5 Å². The first-order valence-corrected chi connectivity index (χ1v) is 6.94. The minimum absolute atomic E-state index is 0.0512. The van der Waals surface area contributed by atoms with Crippen LogP contribution in [0.5, 0.6) is 0 Å². The molecule has 0 saturated heterocycles. The van der Waals surface area contributed by atoms with Crippen molar-refractivity contribution >= 4 is 17.2 Å². The van der Waals surface area contributed by atoms with Gasteiger partial charge >= 0.3 is 0 Å². The smallest absolute Gasteiger partial charge is 0.221 e. The molecule has 0 aliphatic heterocycles. The largest absolute Gasteiger partial charge is 0.353 e. The molecular formula is C13H22N2OS. The Morgan fingerprint density at radius 2 is 2.18 bits per heavy atom. The Balaban J connectivity index is 2.31. The van der Waals surface area contributed by atoms with Gasteiger partial charge in [0.15, 0.2) is 0 Å². The number of carbonyl (C=O) groups excluding carboxylic acids is 1. The molecule has 0 spiro atoms. The number of hydrogen-bond donors (Lipinski definition) is 2. The fraction of sp³-hybridized carbons (Fsp3) is 0.615. The molecule has 1 amide bonds. The lowest BCUT2D eigenvalue weighted by Crippen LogP contribution is -2.39. The standard InChI is InChI=1S/C13H22N2OS/c1-9(2)12(14)8-13(16)15-10(3)7-11-5-4-6-17-11/h4-6,9-10,12H,7-8,14H2,1-3H3,(H,15,16). The molecule has 3 N–H and O–H groups in total. The summed E-state index contributed by atoms with van der Waals surface area (Å²) >= 11 is 1.72. The lowest BCUT2D eigenvalue weighted by Gasteiger charge is -2.17. The number of nitrogens with one attached hydrogen (secondary N) is 1. The van der Waals surface area contributed by atoms with Gasteiger partial charge in [-0.2, -0.15) is 0 Å². The lowest BCUT2D eigenvalue weighted by molar-refractivity contribution is -0.122. The summed E-state index contributed by atoms with van der Waals surface area (Å²) in [5.41, 5.74) is 5.87. The number of hydrogen-bond acceptors (Lipinski definition) is 3. The molecule has 1 aromatic heterocycles. The molecular weight excluding hydrogens is 232 g/mol. The second kappa shape index (κ2) is 6.77. The van der Waals surface area contributed by atoms with Gasteiger partial charge in [-0.15, -0.1) is 11.3 Å². The summed E-state index contributed by atoms with van der Waals surface area (Å²) in [7, 11) is 0. The Hall–Kier alpha value is -0.870. The van der Waals surface area contributed by atoms with E-state index in [1.807, 2.05) is 26.8 Å². The van der Waals surface area contributed by atoms with E-state index in [1.54, 1.807) is 11.3 Å². The number of thiophene rings is 1. The fourth-order valence-corrected chi connectivity index (χ4v) is 2.40. The van der Waals surface area contributed by atoms with Gasteiger partial charge in [-0.25, -0.2) is 0 Å². The van der Waals surface area contributed by atoms with E-state index in [0.717, 1.165) is 6.42 Å². The van der Waals surface area contributed by atoms with Crippen LogP contribution in [0.1, 0.15) is 32.1 Å². The summed E-state index contributed by atoms with van der Waals surface area (Å²) in [5.74, 6) is 0.392. The first kappa shape index (κ1) is 14.2. The van der Waals surface area contributed by atoms with Gasteiger partial charge in [-0.3, -0.25) is 4.79 Å². The molecule has 96 valence electrons. The van der Waals surface area contributed by atoms with Crippen molar-refractivity contribution in [2.75, 3.05) is 0 Å². The summed E-state index contributed by atoms with van der Waals surface area (Å²) in [6, 6.07) is 4.24. The highest BCUT2D eigenvalue weighted by molar-refractivity contribution is 7.09. The zero-order valence-corrected chi connectivity index (χ0v) is 11.6. The van der Waals surface area contributed by atoms with E-state index >= 15 is 0 Å². The minimum atomic E-state index is -0.0519. The van der Waals surface area contributed by atoms with Gasteiger partial charge in [-0.05, 0) is 24.3 Å². The molecule has 0 aliphatic rings. The van der Waals surface area contributed by atoms with Gasteiger partial charge in [0.05, 0.1) is 0 Å². The van der Waals surface area contributed by atoms with Crippen molar-refractivity contribution in [3.05, 3.63) is 22.4 Å². The molecule has 0 saturated carbocycles. The molecule has 2 unspecified atom stereocenters. The average molecular weight is 254 g/mol. The second-order valence-electron chi connectivity index (χ2n) is 4.86. The van der Waals surface area contributed by atoms with Crippen molar-refractivity contribution in [3.8, 4) is 0 Å². The molecule has 1 aromatic rings. The summed E-state index contributed by atoms with van der Waals surface area (Å²) in [6.45, 7) is 6.10. The zero-order valence-electron chi connectivity index (χ0n) is 10.8. The first-order valence-electron chi connectivity index (χ1n) is 6.06. The maximum atomic E-state index is 11.7. The number of rotatable bonds is 6. The number of nitrogens with two attached hydrogens (primary N) is 1. The third kappa shape index (κ3) is 5.33. The normalized spacial score (nSPS) is 14.6. The van der Waals surface area contributed by atoms with Crippen LogP contribution in [0.3, 0.4) is 0 Å². The second-order valence-corrected chi connectivity index (χ2v) is 5.90.